The smallest absolute Gasteiger partial charge is 0.126 e. The molecule has 0 aliphatic carbocycles. The maximum atomic E-state index is 13.0. The molecule has 1 rings (SSSR count). The molecule has 0 nitrogen and oxygen atoms in total. The Morgan fingerprint density at radius 3 is 2.67 bits per heavy atom. The van der Waals surface area contributed by atoms with Crippen LogP contribution in [-0.2, 0) is 0 Å². The Morgan fingerprint density at radius 1 is 1.42 bits per heavy atom. The van der Waals surface area contributed by atoms with Crippen LogP contribution in [0.15, 0.2) is 18.2 Å². The van der Waals surface area contributed by atoms with E-state index in [1.54, 1.807) is 26.0 Å². The van der Waals surface area contributed by atoms with Crippen molar-refractivity contribution in [1.29, 1.82) is 0 Å². The largest absolute Gasteiger partial charge is 0.250 e. The highest BCUT2D eigenvalue weighted by molar-refractivity contribution is 5.30. The molecule has 0 radical (unpaired) electrons. The van der Waals surface area contributed by atoms with E-state index < -0.39 is 6.67 Å². The fourth-order valence-corrected chi connectivity index (χ4v) is 1.24. The van der Waals surface area contributed by atoms with Crippen molar-refractivity contribution in [2.75, 3.05) is 6.67 Å². The van der Waals surface area contributed by atoms with Gasteiger partial charge in [0.1, 0.15) is 5.82 Å². The SMILES string of the molecule is Cc1c(F)cccc1C(C)CF. The van der Waals surface area contributed by atoms with Gasteiger partial charge in [-0.3, -0.25) is 4.39 Å². The molecule has 0 amide bonds. The van der Waals surface area contributed by atoms with E-state index in [4.69, 9.17) is 0 Å². The van der Waals surface area contributed by atoms with Crippen molar-refractivity contribution in [2.24, 2.45) is 0 Å². The third kappa shape index (κ3) is 1.63. The first-order valence-electron chi connectivity index (χ1n) is 3.97. The standard InChI is InChI=1S/C10H12F2/c1-7(6-11)9-4-3-5-10(12)8(9)2/h3-5,7H,6H2,1-2H3. The lowest BCUT2D eigenvalue weighted by molar-refractivity contribution is 0.445. The van der Waals surface area contributed by atoms with Gasteiger partial charge in [0.05, 0.1) is 6.67 Å². The molecule has 1 atom stereocenters. The van der Waals surface area contributed by atoms with Crippen molar-refractivity contribution in [3.05, 3.63) is 35.1 Å². The Balaban J connectivity index is 3.07. The molecule has 0 saturated heterocycles. The first-order chi connectivity index (χ1) is 5.66. The van der Waals surface area contributed by atoms with Gasteiger partial charge in [-0.15, -0.1) is 0 Å². The molecule has 66 valence electrons. The lowest BCUT2D eigenvalue weighted by Gasteiger charge is -2.10. The van der Waals surface area contributed by atoms with Gasteiger partial charge in [0.25, 0.3) is 0 Å². The molecule has 0 N–H and O–H groups in total. The maximum Gasteiger partial charge on any atom is 0.126 e. The minimum absolute atomic E-state index is 0.208. The minimum Gasteiger partial charge on any atom is -0.250 e. The predicted molar refractivity (Wildman–Crippen MR) is 45.5 cm³/mol. The first kappa shape index (κ1) is 9.17. The minimum atomic E-state index is -0.440. The summed E-state index contributed by atoms with van der Waals surface area (Å²) in [6, 6.07) is 4.77. The average molecular weight is 170 g/mol. The normalized spacial score (nSPS) is 13.0. The summed E-state index contributed by atoms with van der Waals surface area (Å²) in [5.41, 5.74) is 1.32. The van der Waals surface area contributed by atoms with E-state index in [0.29, 0.717) is 5.56 Å². The second-order valence-corrected chi connectivity index (χ2v) is 3.01. The van der Waals surface area contributed by atoms with E-state index in [9.17, 15) is 8.78 Å². The molecule has 0 saturated carbocycles. The van der Waals surface area contributed by atoms with Gasteiger partial charge in [0.2, 0.25) is 0 Å². The van der Waals surface area contributed by atoms with Crippen LogP contribution in [-0.4, -0.2) is 6.67 Å². The van der Waals surface area contributed by atoms with E-state index in [0.717, 1.165) is 5.56 Å². The molecular weight excluding hydrogens is 158 g/mol. The topological polar surface area (TPSA) is 0 Å². The maximum absolute atomic E-state index is 13.0. The molecule has 1 aromatic rings. The Labute approximate surface area is 71.2 Å². The van der Waals surface area contributed by atoms with Crippen molar-refractivity contribution in [2.45, 2.75) is 19.8 Å². The zero-order valence-electron chi connectivity index (χ0n) is 7.27. The van der Waals surface area contributed by atoms with Gasteiger partial charge < -0.3 is 0 Å². The van der Waals surface area contributed by atoms with Gasteiger partial charge in [-0.05, 0) is 24.1 Å². The van der Waals surface area contributed by atoms with Crippen molar-refractivity contribution < 1.29 is 8.78 Å². The number of benzene rings is 1. The summed E-state index contributed by atoms with van der Waals surface area (Å²) < 4.78 is 25.2. The fourth-order valence-electron chi connectivity index (χ4n) is 1.24. The van der Waals surface area contributed by atoms with E-state index >= 15 is 0 Å². The van der Waals surface area contributed by atoms with E-state index in [-0.39, 0.29) is 11.7 Å². The summed E-state index contributed by atoms with van der Waals surface area (Å²) in [4.78, 5) is 0. The average Bonchev–Trinajstić information content (AvgIpc) is 2.08. The highest BCUT2D eigenvalue weighted by atomic mass is 19.1. The van der Waals surface area contributed by atoms with Crippen molar-refractivity contribution in [3.8, 4) is 0 Å². The summed E-state index contributed by atoms with van der Waals surface area (Å²) in [5.74, 6) is -0.464. The number of rotatable bonds is 2. The van der Waals surface area contributed by atoms with Crippen molar-refractivity contribution in [3.63, 3.8) is 0 Å². The molecule has 0 aliphatic rings. The monoisotopic (exact) mass is 170 g/mol. The van der Waals surface area contributed by atoms with Crippen LogP contribution in [0.1, 0.15) is 24.0 Å². The summed E-state index contributed by atoms with van der Waals surface area (Å²) in [7, 11) is 0. The second-order valence-electron chi connectivity index (χ2n) is 3.01. The lowest BCUT2D eigenvalue weighted by atomic mass is 9.97. The predicted octanol–water partition coefficient (Wildman–Crippen LogP) is 3.21. The third-order valence-electron chi connectivity index (χ3n) is 2.07. The Hall–Kier alpha value is -0.920. The van der Waals surface area contributed by atoms with Crippen LogP contribution in [0.5, 0.6) is 0 Å². The number of hydrogen-bond donors (Lipinski definition) is 0. The fraction of sp³-hybridized carbons (Fsp3) is 0.400. The van der Waals surface area contributed by atoms with Gasteiger partial charge in [0, 0.05) is 5.92 Å². The molecule has 2 heteroatoms. The summed E-state index contributed by atoms with van der Waals surface area (Å²) in [6.45, 7) is 2.99. The molecule has 12 heavy (non-hydrogen) atoms. The van der Waals surface area contributed by atoms with Gasteiger partial charge in [-0.2, -0.15) is 0 Å². The van der Waals surface area contributed by atoms with Crippen LogP contribution in [0.3, 0.4) is 0 Å². The van der Waals surface area contributed by atoms with E-state index in [2.05, 4.69) is 0 Å². The summed E-state index contributed by atoms with van der Waals surface area (Å²) >= 11 is 0. The molecule has 0 fully saturated rings. The molecule has 1 aromatic carbocycles. The molecule has 0 bridgehead atoms. The zero-order chi connectivity index (χ0) is 9.14. The highest BCUT2D eigenvalue weighted by Crippen LogP contribution is 2.21. The van der Waals surface area contributed by atoms with Crippen LogP contribution < -0.4 is 0 Å². The van der Waals surface area contributed by atoms with Gasteiger partial charge >= 0.3 is 0 Å². The third-order valence-corrected chi connectivity index (χ3v) is 2.07. The molecular formula is C10H12F2. The van der Waals surface area contributed by atoms with Gasteiger partial charge in [-0.1, -0.05) is 19.1 Å². The van der Waals surface area contributed by atoms with Crippen molar-refractivity contribution in [1.82, 2.24) is 0 Å². The van der Waals surface area contributed by atoms with Crippen LogP contribution >= 0.6 is 0 Å². The molecule has 0 heterocycles. The number of hydrogen-bond acceptors (Lipinski definition) is 0. The first-order valence-corrected chi connectivity index (χ1v) is 3.97. The van der Waals surface area contributed by atoms with Crippen LogP contribution in [0, 0.1) is 12.7 Å². The zero-order valence-corrected chi connectivity index (χ0v) is 7.27. The highest BCUT2D eigenvalue weighted by Gasteiger charge is 2.09. The van der Waals surface area contributed by atoms with Gasteiger partial charge in [-0.25, -0.2) is 4.39 Å². The van der Waals surface area contributed by atoms with E-state index in [1.165, 1.54) is 6.07 Å². The Bertz CT molecular complexity index is 269. The van der Waals surface area contributed by atoms with E-state index in [1.807, 2.05) is 0 Å². The molecule has 0 aliphatic heterocycles. The Kier molecular flexibility index (Phi) is 2.79. The van der Waals surface area contributed by atoms with Crippen LogP contribution in [0.2, 0.25) is 0 Å². The molecule has 1 unspecified atom stereocenters. The quantitative estimate of drug-likeness (QED) is 0.639. The number of halogens is 2. The lowest BCUT2D eigenvalue weighted by Crippen LogP contribution is -1.99. The van der Waals surface area contributed by atoms with Crippen molar-refractivity contribution >= 4 is 0 Å². The molecule has 0 aromatic heterocycles. The summed E-state index contributed by atoms with van der Waals surface area (Å²) in [6.07, 6.45) is 0. The molecule has 0 spiro atoms. The van der Waals surface area contributed by atoms with Gasteiger partial charge in [0.15, 0.2) is 0 Å². The summed E-state index contributed by atoms with van der Waals surface area (Å²) in [5, 5.41) is 0. The van der Waals surface area contributed by atoms with Crippen LogP contribution in [0.25, 0.3) is 0 Å². The van der Waals surface area contributed by atoms with Crippen LogP contribution in [0.4, 0.5) is 8.78 Å². The Morgan fingerprint density at radius 2 is 2.08 bits per heavy atom. The number of alkyl halides is 1. The second kappa shape index (κ2) is 3.65.